The van der Waals surface area contributed by atoms with Crippen LogP contribution in [0.1, 0.15) is 37.0 Å². The Kier molecular flexibility index (Phi) is 5.87. The topological polar surface area (TPSA) is 58.6 Å². The SMILES string of the molecule is O=C(Cc1cccs1)N1CCN(c2ccc(OC3CCCCC3)nn2)CC1. The molecule has 1 amide bonds. The molecule has 4 rings (SSSR count). The summed E-state index contributed by atoms with van der Waals surface area (Å²) in [5.74, 6) is 1.69. The number of nitrogens with zero attached hydrogens (tertiary/aromatic N) is 4. The number of carbonyl (C=O) groups is 1. The average molecular weight is 387 g/mol. The first-order valence-corrected chi connectivity index (χ1v) is 10.7. The summed E-state index contributed by atoms with van der Waals surface area (Å²) in [6.45, 7) is 3.03. The van der Waals surface area contributed by atoms with Gasteiger partial charge in [0.05, 0.1) is 6.42 Å². The molecular weight excluding hydrogens is 360 g/mol. The van der Waals surface area contributed by atoms with Crippen LogP contribution in [0.2, 0.25) is 0 Å². The molecule has 1 aliphatic carbocycles. The fourth-order valence-corrected chi connectivity index (χ4v) is 4.45. The van der Waals surface area contributed by atoms with Gasteiger partial charge in [0, 0.05) is 37.1 Å². The number of hydrogen-bond acceptors (Lipinski definition) is 6. The molecule has 0 atom stereocenters. The zero-order valence-electron chi connectivity index (χ0n) is 15.5. The first-order valence-electron chi connectivity index (χ1n) is 9.83. The lowest BCUT2D eigenvalue weighted by Crippen LogP contribution is -2.49. The van der Waals surface area contributed by atoms with Gasteiger partial charge >= 0.3 is 0 Å². The van der Waals surface area contributed by atoms with Gasteiger partial charge in [-0.2, -0.15) is 0 Å². The number of piperazine rings is 1. The van der Waals surface area contributed by atoms with Crippen molar-refractivity contribution >= 4 is 23.1 Å². The molecule has 0 unspecified atom stereocenters. The van der Waals surface area contributed by atoms with E-state index in [-0.39, 0.29) is 12.0 Å². The van der Waals surface area contributed by atoms with Crippen molar-refractivity contribution in [1.29, 1.82) is 0 Å². The molecular formula is C20H26N4O2S. The van der Waals surface area contributed by atoms with Gasteiger partial charge in [0.15, 0.2) is 5.82 Å². The zero-order valence-corrected chi connectivity index (χ0v) is 16.4. The summed E-state index contributed by atoms with van der Waals surface area (Å²) in [7, 11) is 0. The molecule has 1 saturated carbocycles. The van der Waals surface area contributed by atoms with Gasteiger partial charge < -0.3 is 14.5 Å². The Morgan fingerprint density at radius 3 is 2.56 bits per heavy atom. The minimum Gasteiger partial charge on any atom is -0.473 e. The number of thiophene rings is 1. The molecule has 7 heteroatoms. The molecule has 2 aliphatic rings. The number of amides is 1. The molecule has 1 saturated heterocycles. The van der Waals surface area contributed by atoms with Crippen LogP contribution in [0.15, 0.2) is 29.6 Å². The van der Waals surface area contributed by atoms with Crippen LogP contribution >= 0.6 is 11.3 Å². The van der Waals surface area contributed by atoms with Crippen LogP contribution in [0.5, 0.6) is 5.88 Å². The highest BCUT2D eigenvalue weighted by molar-refractivity contribution is 7.10. The van der Waals surface area contributed by atoms with Crippen LogP contribution in [-0.2, 0) is 11.2 Å². The van der Waals surface area contributed by atoms with Gasteiger partial charge in [0.25, 0.3) is 0 Å². The van der Waals surface area contributed by atoms with Crippen LogP contribution in [0, 0.1) is 0 Å². The Bertz CT molecular complexity index is 721. The van der Waals surface area contributed by atoms with Crippen molar-refractivity contribution in [2.45, 2.75) is 44.6 Å². The first kappa shape index (κ1) is 18.2. The molecule has 2 aromatic rings. The van der Waals surface area contributed by atoms with Gasteiger partial charge in [-0.1, -0.05) is 12.5 Å². The van der Waals surface area contributed by atoms with E-state index in [1.807, 2.05) is 34.5 Å². The molecule has 0 radical (unpaired) electrons. The molecule has 0 bridgehead atoms. The highest BCUT2D eigenvalue weighted by Crippen LogP contribution is 2.23. The minimum atomic E-state index is 0.208. The molecule has 6 nitrogen and oxygen atoms in total. The fraction of sp³-hybridized carbons (Fsp3) is 0.550. The number of hydrogen-bond donors (Lipinski definition) is 0. The van der Waals surface area contributed by atoms with Crippen LogP contribution < -0.4 is 9.64 Å². The van der Waals surface area contributed by atoms with Crippen LogP contribution in [0.4, 0.5) is 5.82 Å². The number of ether oxygens (including phenoxy) is 1. The highest BCUT2D eigenvalue weighted by atomic mass is 32.1. The molecule has 3 heterocycles. The van der Waals surface area contributed by atoms with Gasteiger partial charge in [-0.3, -0.25) is 4.79 Å². The Morgan fingerprint density at radius 1 is 1.07 bits per heavy atom. The van der Waals surface area contributed by atoms with Crippen molar-refractivity contribution in [3.63, 3.8) is 0 Å². The van der Waals surface area contributed by atoms with Crippen molar-refractivity contribution in [2.75, 3.05) is 31.1 Å². The monoisotopic (exact) mass is 386 g/mol. The lowest BCUT2D eigenvalue weighted by atomic mass is 9.98. The minimum absolute atomic E-state index is 0.208. The van der Waals surface area contributed by atoms with Gasteiger partial charge in [0.2, 0.25) is 11.8 Å². The van der Waals surface area contributed by atoms with E-state index in [9.17, 15) is 4.79 Å². The van der Waals surface area contributed by atoms with Gasteiger partial charge in [-0.15, -0.1) is 21.5 Å². The number of carbonyl (C=O) groups excluding carboxylic acids is 1. The quantitative estimate of drug-likeness (QED) is 0.790. The molecule has 2 fully saturated rings. The highest BCUT2D eigenvalue weighted by Gasteiger charge is 2.23. The van der Waals surface area contributed by atoms with E-state index in [0.717, 1.165) is 49.7 Å². The van der Waals surface area contributed by atoms with Crippen molar-refractivity contribution in [3.05, 3.63) is 34.5 Å². The molecule has 0 aromatic carbocycles. The maximum atomic E-state index is 12.4. The summed E-state index contributed by atoms with van der Waals surface area (Å²) < 4.78 is 5.95. The van der Waals surface area contributed by atoms with E-state index < -0.39 is 0 Å². The van der Waals surface area contributed by atoms with Gasteiger partial charge in [-0.05, 0) is 43.2 Å². The first-order chi connectivity index (χ1) is 13.3. The molecule has 2 aromatic heterocycles. The van der Waals surface area contributed by atoms with E-state index in [0.29, 0.717) is 12.3 Å². The summed E-state index contributed by atoms with van der Waals surface area (Å²) in [6.07, 6.45) is 6.82. The van der Waals surface area contributed by atoms with Crippen LogP contribution in [0.25, 0.3) is 0 Å². The van der Waals surface area contributed by atoms with Crippen molar-refractivity contribution in [3.8, 4) is 5.88 Å². The second-order valence-corrected chi connectivity index (χ2v) is 8.26. The summed E-state index contributed by atoms with van der Waals surface area (Å²) in [6, 6.07) is 7.91. The largest absolute Gasteiger partial charge is 0.473 e. The number of anilines is 1. The van der Waals surface area contributed by atoms with E-state index in [1.165, 1.54) is 19.3 Å². The van der Waals surface area contributed by atoms with Gasteiger partial charge in [0.1, 0.15) is 6.10 Å². The van der Waals surface area contributed by atoms with Crippen molar-refractivity contribution in [2.24, 2.45) is 0 Å². The Hall–Kier alpha value is -2.15. The molecule has 0 spiro atoms. The smallest absolute Gasteiger partial charge is 0.233 e. The van der Waals surface area contributed by atoms with E-state index >= 15 is 0 Å². The molecule has 144 valence electrons. The molecule has 0 N–H and O–H groups in total. The van der Waals surface area contributed by atoms with E-state index in [1.54, 1.807) is 11.3 Å². The second kappa shape index (κ2) is 8.69. The third-order valence-electron chi connectivity index (χ3n) is 5.33. The normalized spacial score (nSPS) is 18.5. The second-order valence-electron chi connectivity index (χ2n) is 7.23. The number of aromatic nitrogens is 2. The van der Waals surface area contributed by atoms with E-state index in [2.05, 4.69) is 15.1 Å². The summed E-state index contributed by atoms with van der Waals surface area (Å²) in [5, 5.41) is 10.6. The Labute approximate surface area is 164 Å². The van der Waals surface area contributed by atoms with Gasteiger partial charge in [-0.25, -0.2) is 0 Å². The summed E-state index contributed by atoms with van der Waals surface area (Å²) in [5.41, 5.74) is 0. The summed E-state index contributed by atoms with van der Waals surface area (Å²) >= 11 is 1.64. The third-order valence-corrected chi connectivity index (χ3v) is 6.20. The van der Waals surface area contributed by atoms with E-state index in [4.69, 9.17) is 4.74 Å². The standard InChI is InChI=1S/C20H26N4O2S/c25-20(15-17-7-4-14-27-17)24-12-10-23(11-13-24)18-8-9-19(22-21-18)26-16-5-2-1-3-6-16/h4,7-9,14,16H,1-3,5-6,10-13,15H2. The Balaban J connectivity index is 1.27. The lowest BCUT2D eigenvalue weighted by Gasteiger charge is -2.35. The Morgan fingerprint density at radius 2 is 1.89 bits per heavy atom. The van der Waals surface area contributed by atoms with Crippen molar-refractivity contribution < 1.29 is 9.53 Å². The average Bonchev–Trinajstić information content (AvgIpc) is 3.22. The summed E-state index contributed by atoms with van der Waals surface area (Å²) in [4.78, 5) is 17.7. The third kappa shape index (κ3) is 4.77. The predicted octanol–water partition coefficient (Wildman–Crippen LogP) is 3.14. The lowest BCUT2D eigenvalue weighted by molar-refractivity contribution is -0.130. The fourth-order valence-electron chi connectivity index (χ4n) is 3.76. The van der Waals surface area contributed by atoms with Crippen molar-refractivity contribution in [1.82, 2.24) is 15.1 Å². The van der Waals surface area contributed by atoms with Crippen LogP contribution in [0.3, 0.4) is 0 Å². The molecule has 27 heavy (non-hydrogen) atoms. The maximum Gasteiger partial charge on any atom is 0.233 e. The zero-order chi connectivity index (χ0) is 18.5. The predicted molar refractivity (Wildman–Crippen MR) is 106 cm³/mol. The maximum absolute atomic E-state index is 12.4. The number of rotatable bonds is 5. The van der Waals surface area contributed by atoms with Crippen LogP contribution in [-0.4, -0.2) is 53.3 Å². The molecule has 1 aliphatic heterocycles.